The third kappa shape index (κ3) is 3.63. The molecule has 3 saturated carbocycles. The van der Waals surface area contributed by atoms with Crippen molar-refractivity contribution in [2.45, 2.75) is 86.0 Å². The molecule has 0 N–H and O–H groups in total. The summed E-state index contributed by atoms with van der Waals surface area (Å²) in [7, 11) is 0. The highest BCUT2D eigenvalue weighted by atomic mass is 16.1. The Bertz CT molecular complexity index is 720. The molecular formula is C27H44N2O. The maximum absolute atomic E-state index is 12.0. The summed E-state index contributed by atoms with van der Waals surface area (Å²) in [6.07, 6.45) is 11.8. The highest BCUT2D eigenvalue weighted by Gasteiger charge is 2.59. The number of aliphatic imine (C=N–C) groups is 1. The average Bonchev–Trinajstić information content (AvgIpc) is 3.09. The Morgan fingerprint density at radius 2 is 1.83 bits per heavy atom. The van der Waals surface area contributed by atoms with E-state index in [0.29, 0.717) is 22.5 Å². The smallest absolute Gasteiger partial charge is 0.155 e. The Morgan fingerprint density at radius 1 is 1.07 bits per heavy atom. The molecule has 4 aliphatic rings. The third-order valence-electron chi connectivity index (χ3n) is 10.1. The van der Waals surface area contributed by atoms with Crippen LogP contribution in [-0.2, 0) is 4.79 Å². The van der Waals surface area contributed by atoms with Crippen molar-refractivity contribution < 1.29 is 4.79 Å². The number of hydrogen-bond acceptors (Lipinski definition) is 3. The molecule has 0 amide bonds. The first-order valence-corrected chi connectivity index (χ1v) is 12.8. The van der Waals surface area contributed by atoms with Gasteiger partial charge in [0.25, 0.3) is 0 Å². The molecule has 0 radical (unpaired) electrons. The number of allylic oxidation sites excluding steroid dienone is 1. The summed E-state index contributed by atoms with van der Waals surface area (Å²) in [5.41, 5.74) is 3.65. The number of rotatable bonds is 6. The SMILES string of the molecule is CCN(CC)CCN=C(C)[C@H]1CC[C@H]2[C@@H]3CCC4=CC(=O)CC[C@]4(C)[C@H]3CC[C@]12C. The van der Waals surface area contributed by atoms with Gasteiger partial charge in [-0.3, -0.25) is 9.79 Å². The molecular weight excluding hydrogens is 368 g/mol. The van der Waals surface area contributed by atoms with E-state index in [1.54, 1.807) is 0 Å². The van der Waals surface area contributed by atoms with E-state index < -0.39 is 0 Å². The fourth-order valence-electron chi connectivity index (χ4n) is 8.26. The molecule has 4 rings (SSSR count). The van der Waals surface area contributed by atoms with Crippen LogP contribution in [0.1, 0.15) is 86.0 Å². The second-order valence-corrected chi connectivity index (χ2v) is 11.2. The number of hydrogen-bond donors (Lipinski definition) is 0. The molecule has 3 nitrogen and oxygen atoms in total. The quantitative estimate of drug-likeness (QED) is 0.506. The lowest BCUT2D eigenvalue weighted by Crippen LogP contribution is -2.51. The molecule has 0 saturated heterocycles. The summed E-state index contributed by atoms with van der Waals surface area (Å²) >= 11 is 0. The molecule has 3 heteroatoms. The lowest BCUT2D eigenvalue weighted by molar-refractivity contribution is -0.117. The highest BCUT2D eigenvalue weighted by molar-refractivity contribution is 5.91. The Kier molecular flexibility index (Phi) is 6.32. The van der Waals surface area contributed by atoms with E-state index in [9.17, 15) is 4.79 Å². The molecule has 0 aromatic carbocycles. The molecule has 0 aromatic rings. The Hall–Kier alpha value is -0.960. The Morgan fingerprint density at radius 3 is 2.57 bits per heavy atom. The average molecular weight is 413 g/mol. The van der Waals surface area contributed by atoms with Crippen LogP contribution in [0.5, 0.6) is 0 Å². The van der Waals surface area contributed by atoms with Crippen molar-refractivity contribution >= 4 is 11.5 Å². The van der Waals surface area contributed by atoms with Crippen LogP contribution in [0.2, 0.25) is 0 Å². The minimum Gasteiger partial charge on any atom is -0.302 e. The van der Waals surface area contributed by atoms with Gasteiger partial charge in [-0.1, -0.05) is 33.3 Å². The standard InChI is InChI=1S/C27H44N2O/c1-6-29(7-2)17-16-28-19(3)23-10-11-24-22-9-8-20-18-21(30)12-14-26(20,4)25(22)13-15-27(23,24)5/h18,22-25H,6-17H2,1-5H3/t22-,23+,24-,25-,26-,27+/m0/s1. The molecule has 0 unspecified atom stereocenters. The number of fused-ring (bicyclic) bond motifs is 5. The van der Waals surface area contributed by atoms with E-state index in [4.69, 9.17) is 4.99 Å². The second kappa shape index (κ2) is 8.52. The first-order chi connectivity index (χ1) is 14.3. The molecule has 4 aliphatic carbocycles. The van der Waals surface area contributed by atoms with Gasteiger partial charge < -0.3 is 4.90 Å². The molecule has 0 aromatic heterocycles. The summed E-state index contributed by atoms with van der Waals surface area (Å²) in [6, 6.07) is 0. The second-order valence-electron chi connectivity index (χ2n) is 11.2. The van der Waals surface area contributed by atoms with Crippen LogP contribution < -0.4 is 0 Å². The number of nitrogens with zero attached hydrogens (tertiary/aromatic N) is 2. The minimum atomic E-state index is 0.295. The van der Waals surface area contributed by atoms with Gasteiger partial charge in [-0.05, 0) is 99.6 Å². The molecule has 0 heterocycles. The maximum Gasteiger partial charge on any atom is 0.155 e. The van der Waals surface area contributed by atoms with Crippen LogP contribution in [0.15, 0.2) is 16.6 Å². The van der Waals surface area contributed by atoms with Crippen LogP contribution >= 0.6 is 0 Å². The topological polar surface area (TPSA) is 32.7 Å². The summed E-state index contributed by atoms with van der Waals surface area (Å²) in [6.45, 7) is 16.2. The number of ketones is 1. The van der Waals surface area contributed by atoms with E-state index >= 15 is 0 Å². The van der Waals surface area contributed by atoms with Gasteiger partial charge >= 0.3 is 0 Å². The fraction of sp³-hybridized carbons (Fsp3) is 0.852. The van der Waals surface area contributed by atoms with Crippen molar-refractivity contribution in [3.8, 4) is 0 Å². The van der Waals surface area contributed by atoms with Crippen molar-refractivity contribution in [1.82, 2.24) is 4.90 Å². The molecule has 168 valence electrons. The van der Waals surface area contributed by atoms with Crippen LogP contribution in [0, 0.1) is 34.5 Å². The van der Waals surface area contributed by atoms with Crippen molar-refractivity contribution in [2.24, 2.45) is 39.5 Å². The molecule has 30 heavy (non-hydrogen) atoms. The van der Waals surface area contributed by atoms with Crippen LogP contribution in [0.25, 0.3) is 0 Å². The first kappa shape index (κ1) is 22.2. The van der Waals surface area contributed by atoms with E-state index in [-0.39, 0.29) is 0 Å². The lowest BCUT2D eigenvalue weighted by Gasteiger charge is -2.58. The third-order valence-corrected chi connectivity index (χ3v) is 10.1. The maximum atomic E-state index is 12.0. The van der Waals surface area contributed by atoms with Gasteiger partial charge in [0.05, 0.1) is 6.54 Å². The van der Waals surface area contributed by atoms with Crippen molar-refractivity contribution in [2.75, 3.05) is 26.2 Å². The summed E-state index contributed by atoms with van der Waals surface area (Å²) in [5, 5.41) is 0. The van der Waals surface area contributed by atoms with E-state index in [1.807, 2.05) is 6.08 Å². The van der Waals surface area contributed by atoms with Gasteiger partial charge in [0, 0.05) is 24.6 Å². The predicted molar refractivity (Wildman–Crippen MR) is 126 cm³/mol. The largest absolute Gasteiger partial charge is 0.302 e. The van der Waals surface area contributed by atoms with Gasteiger partial charge in [-0.25, -0.2) is 0 Å². The summed E-state index contributed by atoms with van der Waals surface area (Å²) in [5.74, 6) is 3.55. The Labute approximate surface area is 184 Å². The predicted octanol–water partition coefficient (Wildman–Crippen LogP) is 5.94. The van der Waals surface area contributed by atoms with E-state index in [2.05, 4.69) is 39.5 Å². The molecule has 0 bridgehead atoms. The minimum absolute atomic E-state index is 0.295. The fourth-order valence-corrected chi connectivity index (χ4v) is 8.26. The van der Waals surface area contributed by atoms with Crippen molar-refractivity contribution in [3.63, 3.8) is 0 Å². The van der Waals surface area contributed by atoms with Gasteiger partial charge in [0.1, 0.15) is 0 Å². The van der Waals surface area contributed by atoms with Gasteiger partial charge in [-0.15, -0.1) is 0 Å². The normalized spacial score (nSPS) is 41.3. The first-order valence-electron chi connectivity index (χ1n) is 12.8. The summed E-state index contributed by atoms with van der Waals surface area (Å²) < 4.78 is 0. The number of carbonyl (C=O) groups is 1. The zero-order chi connectivity index (χ0) is 21.5. The highest BCUT2D eigenvalue weighted by Crippen LogP contribution is 2.66. The lowest BCUT2D eigenvalue weighted by atomic mass is 9.46. The zero-order valence-corrected chi connectivity index (χ0v) is 20.2. The number of likely N-dealkylation sites (N-methyl/N-ethyl adjacent to an activating group) is 1. The summed E-state index contributed by atoms with van der Waals surface area (Å²) in [4.78, 5) is 19.6. The molecule has 0 spiro atoms. The van der Waals surface area contributed by atoms with Gasteiger partial charge in [0.15, 0.2) is 5.78 Å². The van der Waals surface area contributed by atoms with E-state index in [1.165, 1.54) is 43.4 Å². The van der Waals surface area contributed by atoms with Crippen molar-refractivity contribution in [3.05, 3.63) is 11.6 Å². The molecule has 3 fully saturated rings. The van der Waals surface area contributed by atoms with Crippen LogP contribution in [-0.4, -0.2) is 42.6 Å². The number of carbonyl (C=O) groups excluding carboxylic acids is 1. The van der Waals surface area contributed by atoms with Crippen LogP contribution in [0.3, 0.4) is 0 Å². The van der Waals surface area contributed by atoms with Crippen LogP contribution in [0.4, 0.5) is 0 Å². The zero-order valence-electron chi connectivity index (χ0n) is 20.2. The van der Waals surface area contributed by atoms with Gasteiger partial charge in [-0.2, -0.15) is 0 Å². The Balaban J connectivity index is 1.49. The van der Waals surface area contributed by atoms with Crippen molar-refractivity contribution in [1.29, 1.82) is 0 Å². The monoisotopic (exact) mass is 412 g/mol. The van der Waals surface area contributed by atoms with Gasteiger partial charge in [0.2, 0.25) is 0 Å². The molecule has 6 atom stereocenters. The van der Waals surface area contributed by atoms with E-state index in [0.717, 1.165) is 63.2 Å². The molecule has 0 aliphatic heterocycles.